The Hall–Kier alpha value is -7.70. The highest BCUT2D eigenvalue weighted by molar-refractivity contribution is 5.97. The van der Waals surface area contributed by atoms with Crippen LogP contribution in [0.3, 0.4) is 0 Å². The summed E-state index contributed by atoms with van der Waals surface area (Å²) >= 11 is 0. The van der Waals surface area contributed by atoms with Gasteiger partial charge in [0.05, 0.1) is 49.2 Å². The SMILES string of the molecule is O[C@H]1[C@H](O)COC(Oc2cccc(-c3c4nc(c(-c5cccc(OC6OC[C@@H](O)[C@H](O)[C@H]6O)c5)c5ccc([nH]5)c(-c5cccc(OC6OC[C@@H](O)[C@H](O)[C@H]6O)c5)c5nc(c(-c6cccc(OC7OC[C@@H](O)[C@H](O)[C@H]7O)c6)c6[nH]c3CC6)C=C5)C=C4)c2)[C@@H]1O. The number of nitrogens with zero attached hydrogens (tertiary/aromatic N) is 2. The molecule has 24 nitrogen and oxygen atoms in total. The van der Waals surface area contributed by atoms with Gasteiger partial charge in [-0.2, -0.15) is 0 Å². The van der Waals surface area contributed by atoms with Crippen LogP contribution in [0.25, 0.3) is 79.8 Å². The summed E-state index contributed by atoms with van der Waals surface area (Å²) in [5, 5.41) is 127. The maximum atomic E-state index is 10.9. The molecule has 16 atom stereocenters. The van der Waals surface area contributed by atoms with E-state index >= 15 is 0 Å². The lowest BCUT2D eigenvalue weighted by atomic mass is 9.98. The van der Waals surface area contributed by atoms with Crippen molar-refractivity contribution in [2.75, 3.05) is 26.4 Å². The summed E-state index contributed by atoms with van der Waals surface area (Å²) in [6.07, 6.45) is -14.6. The summed E-state index contributed by atoms with van der Waals surface area (Å²) in [6, 6.07) is 31.9. The number of nitrogens with one attached hydrogen (secondary N) is 2. The molecule has 7 aliphatic rings. The molecule has 0 saturated carbocycles. The molecule has 4 unspecified atom stereocenters. The number of aromatic nitrogens is 4. The zero-order valence-electron chi connectivity index (χ0n) is 46.7. The maximum Gasteiger partial charge on any atom is 0.228 e. The van der Waals surface area contributed by atoms with Gasteiger partial charge in [-0.3, -0.25) is 0 Å². The minimum atomic E-state index is -1.58. The van der Waals surface area contributed by atoms with Crippen molar-refractivity contribution in [2.45, 2.75) is 111 Å². The third-order valence-electron chi connectivity index (χ3n) is 16.4. The van der Waals surface area contributed by atoms with E-state index in [9.17, 15) is 61.3 Å². The van der Waals surface area contributed by atoms with E-state index in [1.165, 1.54) is 0 Å². The average molecular weight is 1210 g/mol. The zero-order valence-corrected chi connectivity index (χ0v) is 46.7. The summed E-state index contributed by atoms with van der Waals surface area (Å²) in [7, 11) is 0. The lowest BCUT2D eigenvalue weighted by Gasteiger charge is -2.35. The smallest absolute Gasteiger partial charge is 0.228 e. The van der Waals surface area contributed by atoms with Crippen molar-refractivity contribution in [3.63, 3.8) is 0 Å². The summed E-state index contributed by atoms with van der Waals surface area (Å²) in [6.45, 7) is -1.12. The van der Waals surface area contributed by atoms with E-state index in [0.29, 0.717) is 91.2 Å². The highest BCUT2D eigenvalue weighted by Gasteiger charge is 2.43. The summed E-state index contributed by atoms with van der Waals surface area (Å²) < 4.78 is 47.2. The number of fused-ring (bicyclic) bond motifs is 8. The molecule has 13 rings (SSSR count). The Morgan fingerprint density at radius 3 is 0.898 bits per heavy atom. The zero-order chi connectivity index (χ0) is 61.1. The summed E-state index contributed by atoms with van der Waals surface area (Å²) in [4.78, 5) is 18.2. The van der Waals surface area contributed by atoms with E-state index in [-0.39, 0.29) is 49.4 Å². The Bertz CT molecular complexity index is 3610. The van der Waals surface area contributed by atoms with Crippen LogP contribution < -0.4 is 18.9 Å². The molecule has 4 fully saturated rings. The number of ether oxygens (including phenoxy) is 8. The van der Waals surface area contributed by atoms with Crippen molar-refractivity contribution in [1.82, 2.24) is 19.9 Å². The Labute approximate surface area is 501 Å². The van der Waals surface area contributed by atoms with Crippen LogP contribution in [0.1, 0.15) is 34.2 Å². The third-order valence-corrected chi connectivity index (χ3v) is 16.4. The van der Waals surface area contributed by atoms with Crippen LogP contribution >= 0.6 is 0 Å². The lowest BCUT2D eigenvalue weighted by molar-refractivity contribution is -0.242. The fraction of sp³-hybridized carbons (Fsp3) is 0.344. The third kappa shape index (κ3) is 11.7. The van der Waals surface area contributed by atoms with Gasteiger partial charge in [-0.05, 0) is 120 Å². The number of benzene rings is 4. The molecule has 24 heteroatoms. The van der Waals surface area contributed by atoms with Gasteiger partial charge in [0.2, 0.25) is 25.2 Å². The highest BCUT2D eigenvalue weighted by Crippen LogP contribution is 2.42. The van der Waals surface area contributed by atoms with E-state index in [1.54, 1.807) is 72.8 Å². The Kier molecular flexibility index (Phi) is 16.6. The van der Waals surface area contributed by atoms with Crippen molar-refractivity contribution < 1.29 is 99.2 Å². The van der Waals surface area contributed by atoms with Crippen molar-refractivity contribution in [1.29, 1.82) is 0 Å². The van der Waals surface area contributed by atoms with E-state index in [2.05, 4.69) is 9.97 Å². The van der Waals surface area contributed by atoms with Crippen molar-refractivity contribution in [3.8, 4) is 67.5 Å². The number of hydrogen-bond acceptors (Lipinski definition) is 22. The molecule has 6 aromatic rings. The molecule has 2 aromatic heterocycles. The van der Waals surface area contributed by atoms with Crippen LogP contribution in [0.4, 0.5) is 0 Å². The highest BCUT2D eigenvalue weighted by atomic mass is 16.7. The first kappa shape index (κ1) is 59.3. The summed E-state index contributed by atoms with van der Waals surface area (Å²) in [5.74, 6) is 1.05. The molecule has 14 N–H and O–H groups in total. The van der Waals surface area contributed by atoms with Crippen LogP contribution in [0.5, 0.6) is 23.0 Å². The molecule has 88 heavy (non-hydrogen) atoms. The largest absolute Gasteiger partial charge is 0.462 e. The fourth-order valence-corrected chi connectivity index (χ4v) is 11.7. The van der Waals surface area contributed by atoms with Crippen molar-refractivity contribution in [2.24, 2.45) is 0 Å². The molecule has 4 aromatic carbocycles. The monoisotopic (exact) mass is 1210 g/mol. The molecule has 8 bridgehead atoms. The first-order valence-corrected chi connectivity index (χ1v) is 28.7. The van der Waals surface area contributed by atoms with Gasteiger partial charge in [0, 0.05) is 44.7 Å². The quantitative estimate of drug-likeness (QED) is 0.0833. The van der Waals surface area contributed by atoms with Crippen LogP contribution in [-0.2, 0) is 31.8 Å². The van der Waals surface area contributed by atoms with Crippen molar-refractivity contribution in [3.05, 3.63) is 143 Å². The first-order valence-electron chi connectivity index (χ1n) is 28.7. The second kappa shape index (κ2) is 24.7. The molecule has 9 heterocycles. The number of hydrogen-bond donors (Lipinski definition) is 14. The van der Waals surface area contributed by atoms with Crippen LogP contribution in [0.2, 0.25) is 0 Å². The standard InChI is InChI=1S/C64H64N4O20/c69-45-25-81-61(57(77)53(45)73)85-33-9-1-5-29(21-33)49-37-13-15-39(65-37)50(30-6-2-10-34(22-30)86-62-58(78)54(74)46(70)26-82-62)41-17-19-43(67-41)52(32-8-4-12-36(24-32)88-64-60(80)56(76)48(72)28-84-64)44-20-18-42(68-44)51(40-16-14-38(49)66-40)31-7-3-11-35(23-31)87-63-59(79)55(75)47(71)27-83-63/h1-17,19,21-24,45-48,53-65,68-80H,18,20,25-28H2/t45-,46-,47-,48-,53+,54+,55+,56+,57-,58-,59-,60-,61?,62?,63?,64?/m1/s1. The molecule has 0 aliphatic carbocycles. The molecule has 7 aliphatic heterocycles. The van der Waals surface area contributed by atoms with E-state index in [1.807, 2.05) is 60.7 Å². The number of aliphatic hydroxyl groups is 12. The van der Waals surface area contributed by atoms with Gasteiger partial charge in [0.1, 0.15) is 96.2 Å². The van der Waals surface area contributed by atoms with Gasteiger partial charge in [0.25, 0.3) is 0 Å². The molecule has 0 radical (unpaired) electrons. The minimum Gasteiger partial charge on any atom is -0.462 e. The first-order chi connectivity index (χ1) is 42.5. The van der Waals surface area contributed by atoms with Gasteiger partial charge in [-0.15, -0.1) is 0 Å². The Balaban J connectivity index is 1.03. The van der Waals surface area contributed by atoms with Gasteiger partial charge in [0.15, 0.2) is 0 Å². The predicted molar refractivity (Wildman–Crippen MR) is 313 cm³/mol. The van der Waals surface area contributed by atoms with Gasteiger partial charge in [-0.1, -0.05) is 48.5 Å². The number of aliphatic hydroxyl groups excluding tert-OH is 12. The minimum absolute atomic E-state index is 0.254. The van der Waals surface area contributed by atoms with Gasteiger partial charge in [-0.25, -0.2) is 9.97 Å². The van der Waals surface area contributed by atoms with Crippen molar-refractivity contribution >= 4 is 35.3 Å². The maximum absolute atomic E-state index is 10.9. The molecule has 0 spiro atoms. The van der Waals surface area contributed by atoms with Gasteiger partial charge >= 0.3 is 0 Å². The molecule has 0 amide bonds. The van der Waals surface area contributed by atoms with Gasteiger partial charge < -0.3 is 109 Å². The Morgan fingerprint density at radius 1 is 0.330 bits per heavy atom. The van der Waals surface area contributed by atoms with E-state index < -0.39 is 98.4 Å². The molecular weight excluding hydrogens is 1140 g/mol. The number of aryl methyl sites for hydroxylation is 2. The molecule has 460 valence electrons. The van der Waals surface area contributed by atoms with Crippen LogP contribution in [-0.4, -0.2) is 206 Å². The summed E-state index contributed by atoms with van der Waals surface area (Å²) in [5.41, 5.74) is 9.50. The number of aromatic amines is 2. The molecular formula is C64H64N4O20. The molecule has 4 saturated heterocycles. The average Bonchev–Trinajstić information content (AvgIpc) is 2.92. The number of rotatable bonds is 12. The fourth-order valence-electron chi connectivity index (χ4n) is 11.7. The number of H-pyrrole nitrogens is 2. The Morgan fingerprint density at radius 2 is 0.602 bits per heavy atom. The van der Waals surface area contributed by atoms with E-state index in [4.69, 9.17) is 47.9 Å². The topological polar surface area (TPSA) is 374 Å². The second-order valence-corrected chi connectivity index (χ2v) is 22.4. The normalized spacial score (nSPS) is 30.0. The van der Waals surface area contributed by atoms with E-state index in [0.717, 1.165) is 11.4 Å². The lowest BCUT2D eigenvalue weighted by Crippen LogP contribution is -2.54. The van der Waals surface area contributed by atoms with Crippen LogP contribution in [0, 0.1) is 0 Å². The predicted octanol–water partition coefficient (Wildman–Crippen LogP) is 2.10. The second-order valence-electron chi connectivity index (χ2n) is 22.4. The van der Waals surface area contributed by atoms with Crippen LogP contribution in [0.15, 0.2) is 109 Å².